The average molecular weight is 386 g/mol. The predicted molar refractivity (Wildman–Crippen MR) is 101 cm³/mol. The number of nitrogens with one attached hydrogen (secondary N) is 1. The van der Waals surface area contributed by atoms with Crippen molar-refractivity contribution < 1.29 is 9.21 Å². The second-order valence-electron chi connectivity index (χ2n) is 6.07. The van der Waals surface area contributed by atoms with Crippen molar-refractivity contribution in [2.45, 2.75) is 29.4 Å². The van der Waals surface area contributed by atoms with E-state index < -0.39 is 5.25 Å². The van der Waals surface area contributed by atoms with E-state index in [0.717, 1.165) is 24.0 Å². The molecule has 1 atom stereocenters. The summed E-state index contributed by atoms with van der Waals surface area (Å²) in [6.45, 7) is 0. The van der Waals surface area contributed by atoms with E-state index in [4.69, 9.17) is 16.0 Å². The van der Waals surface area contributed by atoms with Crippen molar-refractivity contribution in [3.63, 3.8) is 0 Å². The fourth-order valence-electron chi connectivity index (χ4n) is 2.47. The number of carbonyl (C=O) groups is 1. The van der Waals surface area contributed by atoms with Crippen molar-refractivity contribution in [3.8, 4) is 11.5 Å². The molecule has 1 N–H and O–H groups in total. The van der Waals surface area contributed by atoms with Crippen molar-refractivity contribution in [2.24, 2.45) is 0 Å². The van der Waals surface area contributed by atoms with Gasteiger partial charge < -0.3 is 9.73 Å². The Labute approximate surface area is 160 Å². The van der Waals surface area contributed by atoms with Crippen LogP contribution in [0.5, 0.6) is 0 Å². The molecule has 0 unspecified atom stereocenters. The second kappa shape index (κ2) is 7.51. The number of aromatic nitrogens is 2. The summed E-state index contributed by atoms with van der Waals surface area (Å²) in [6.07, 6.45) is 2.08. The number of carbonyl (C=O) groups excluding carboxylic acids is 1. The molecule has 1 aliphatic carbocycles. The third-order valence-electron chi connectivity index (χ3n) is 3.98. The summed E-state index contributed by atoms with van der Waals surface area (Å²) in [6, 6.07) is 17.1. The van der Waals surface area contributed by atoms with Gasteiger partial charge >= 0.3 is 0 Å². The fourth-order valence-corrected chi connectivity index (χ4v) is 3.48. The third-order valence-corrected chi connectivity index (χ3v) is 5.32. The van der Waals surface area contributed by atoms with Gasteiger partial charge in [-0.25, -0.2) is 0 Å². The summed E-state index contributed by atoms with van der Waals surface area (Å²) in [7, 11) is 0. The first-order valence-corrected chi connectivity index (χ1v) is 9.56. The minimum absolute atomic E-state index is 0.0325. The molecule has 4 rings (SSSR count). The Morgan fingerprint density at radius 1 is 1.12 bits per heavy atom. The van der Waals surface area contributed by atoms with Crippen LogP contribution in [0.15, 0.2) is 64.2 Å². The number of rotatable bonds is 6. The van der Waals surface area contributed by atoms with Gasteiger partial charge in [-0.3, -0.25) is 4.79 Å². The van der Waals surface area contributed by atoms with Crippen LogP contribution in [0, 0.1) is 0 Å². The van der Waals surface area contributed by atoms with Crippen LogP contribution in [0.3, 0.4) is 0 Å². The maximum atomic E-state index is 12.7. The van der Waals surface area contributed by atoms with Gasteiger partial charge in [0, 0.05) is 16.6 Å². The number of thioether (sulfide) groups is 1. The van der Waals surface area contributed by atoms with Crippen LogP contribution < -0.4 is 5.32 Å². The minimum Gasteiger partial charge on any atom is -0.411 e. The van der Waals surface area contributed by atoms with Crippen LogP contribution >= 0.6 is 23.4 Å². The lowest BCUT2D eigenvalue weighted by molar-refractivity contribution is -0.120. The number of hydrogen-bond acceptors (Lipinski definition) is 5. The van der Waals surface area contributed by atoms with Gasteiger partial charge in [-0.2, -0.15) is 0 Å². The van der Waals surface area contributed by atoms with Gasteiger partial charge in [-0.05, 0) is 54.4 Å². The quantitative estimate of drug-likeness (QED) is 0.632. The highest BCUT2D eigenvalue weighted by atomic mass is 35.5. The summed E-state index contributed by atoms with van der Waals surface area (Å²) in [5, 5.41) is 11.8. The fraction of sp³-hybridized carbons (Fsp3) is 0.211. The molecule has 5 nitrogen and oxygen atoms in total. The van der Waals surface area contributed by atoms with Crippen molar-refractivity contribution in [1.82, 2.24) is 15.5 Å². The molecule has 132 valence electrons. The van der Waals surface area contributed by atoms with Gasteiger partial charge in [0.25, 0.3) is 5.22 Å². The van der Waals surface area contributed by atoms with Crippen LogP contribution in [0.25, 0.3) is 11.5 Å². The largest absolute Gasteiger partial charge is 0.411 e. The number of nitrogens with zero attached hydrogens (tertiary/aromatic N) is 2. The normalized spacial score (nSPS) is 14.8. The molecule has 1 aromatic heterocycles. The summed E-state index contributed by atoms with van der Waals surface area (Å²) < 4.78 is 5.75. The lowest BCUT2D eigenvalue weighted by Gasteiger charge is -2.14. The minimum atomic E-state index is -0.435. The molecule has 1 heterocycles. The number of hydrogen-bond donors (Lipinski definition) is 1. The van der Waals surface area contributed by atoms with Crippen LogP contribution in [0.1, 0.15) is 23.7 Å². The second-order valence-corrected chi connectivity index (χ2v) is 7.56. The van der Waals surface area contributed by atoms with E-state index in [1.54, 1.807) is 12.1 Å². The molecule has 1 saturated carbocycles. The Kier molecular flexibility index (Phi) is 4.95. The topological polar surface area (TPSA) is 68.0 Å². The summed E-state index contributed by atoms with van der Waals surface area (Å²) >= 11 is 7.17. The monoisotopic (exact) mass is 385 g/mol. The zero-order chi connectivity index (χ0) is 17.9. The molecule has 0 saturated heterocycles. The highest BCUT2D eigenvalue weighted by Crippen LogP contribution is 2.36. The molecular formula is C19H16ClN3O2S. The molecule has 0 bridgehead atoms. The summed E-state index contributed by atoms with van der Waals surface area (Å²) in [5.41, 5.74) is 1.69. The SMILES string of the molecule is O=C(NC1CC1)[C@@H](Sc1nnc(-c2ccc(Cl)cc2)o1)c1ccccc1. The van der Waals surface area contributed by atoms with Crippen molar-refractivity contribution in [2.75, 3.05) is 0 Å². The highest BCUT2D eigenvalue weighted by molar-refractivity contribution is 8.00. The van der Waals surface area contributed by atoms with Crippen LogP contribution in [0.4, 0.5) is 0 Å². The van der Waals surface area contributed by atoms with E-state index >= 15 is 0 Å². The molecule has 2 aromatic carbocycles. The highest BCUT2D eigenvalue weighted by Gasteiger charge is 2.30. The van der Waals surface area contributed by atoms with Crippen molar-refractivity contribution >= 4 is 29.3 Å². The Hall–Kier alpha value is -2.31. The summed E-state index contributed by atoms with van der Waals surface area (Å²) in [5.74, 6) is 0.369. The van der Waals surface area contributed by atoms with Gasteiger partial charge in [-0.1, -0.05) is 41.9 Å². The Balaban J connectivity index is 1.55. The zero-order valence-corrected chi connectivity index (χ0v) is 15.3. The van der Waals surface area contributed by atoms with E-state index in [1.165, 1.54) is 11.8 Å². The van der Waals surface area contributed by atoms with Gasteiger partial charge in [0.05, 0.1) is 0 Å². The van der Waals surface area contributed by atoms with Crippen LogP contribution in [-0.4, -0.2) is 22.1 Å². The summed E-state index contributed by atoms with van der Waals surface area (Å²) in [4.78, 5) is 12.7. The van der Waals surface area contributed by atoms with Gasteiger partial charge in [0.15, 0.2) is 0 Å². The number of halogens is 1. The third kappa shape index (κ3) is 4.08. The lowest BCUT2D eigenvalue weighted by atomic mass is 10.1. The Bertz CT molecular complexity index is 895. The van der Waals surface area contributed by atoms with Gasteiger partial charge in [0.1, 0.15) is 5.25 Å². The first-order valence-electron chi connectivity index (χ1n) is 8.30. The maximum absolute atomic E-state index is 12.7. The zero-order valence-electron chi connectivity index (χ0n) is 13.8. The van der Waals surface area contributed by atoms with Crippen LogP contribution in [0.2, 0.25) is 5.02 Å². The molecule has 26 heavy (non-hydrogen) atoms. The van der Waals surface area contributed by atoms with E-state index in [0.29, 0.717) is 22.2 Å². The van der Waals surface area contributed by atoms with Crippen molar-refractivity contribution in [3.05, 3.63) is 65.2 Å². The molecule has 0 spiro atoms. The van der Waals surface area contributed by atoms with Gasteiger partial charge in [0.2, 0.25) is 11.8 Å². The van der Waals surface area contributed by atoms with E-state index in [2.05, 4.69) is 15.5 Å². The van der Waals surface area contributed by atoms with E-state index in [9.17, 15) is 4.79 Å². The van der Waals surface area contributed by atoms with Crippen LogP contribution in [-0.2, 0) is 4.79 Å². The van der Waals surface area contributed by atoms with Crippen molar-refractivity contribution in [1.29, 1.82) is 0 Å². The van der Waals surface area contributed by atoms with E-state index in [-0.39, 0.29) is 5.91 Å². The van der Waals surface area contributed by atoms with E-state index in [1.807, 2.05) is 42.5 Å². The molecule has 1 aliphatic rings. The number of amides is 1. The van der Waals surface area contributed by atoms with Gasteiger partial charge in [-0.15, -0.1) is 10.2 Å². The first kappa shape index (κ1) is 17.1. The maximum Gasteiger partial charge on any atom is 0.277 e. The molecule has 1 amide bonds. The molecule has 0 radical (unpaired) electrons. The molecule has 7 heteroatoms. The molecule has 1 fully saturated rings. The lowest BCUT2D eigenvalue weighted by Crippen LogP contribution is -2.29. The number of benzene rings is 2. The Morgan fingerprint density at radius 2 is 1.85 bits per heavy atom. The molecular weight excluding hydrogens is 370 g/mol. The smallest absolute Gasteiger partial charge is 0.277 e. The standard InChI is InChI=1S/C19H16ClN3O2S/c20-14-8-6-13(7-9-14)18-22-23-19(25-18)26-16(12-4-2-1-3-5-12)17(24)21-15-10-11-15/h1-9,15-16H,10-11H2,(H,21,24)/t16-/m0/s1. The molecule has 3 aromatic rings. The Morgan fingerprint density at radius 3 is 2.54 bits per heavy atom. The predicted octanol–water partition coefficient (Wildman–Crippen LogP) is 4.50. The average Bonchev–Trinajstić information content (AvgIpc) is 3.35. The molecule has 0 aliphatic heterocycles. The first-order chi connectivity index (χ1) is 12.7.